The summed E-state index contributed by atoms with van der Waals surface area (Å²) in [5.41, 5.74) is 3.92. The molecule has 1 aromatic rings. The first-order chi connectivity index (χ1) is 10.8. The van der Waals surface area contributed by atoms with Crippen LogP contribution in [-0.2, 0) is 11.3 Å². The average molecular weight is 335 g/mol. The van der Waals surface area contributed by atoms with Crippen molar-refractivity contribution in [2.45, 2.75) is 69.6 Å². The van der Waals surface area contributed by atoms with E-state index in [2.05, 4.69) is 41.4 Å². The molecule has 0 radical (unpaired) electrons. The normalized spacial score (nSPS) is 32.0. The van der Waals surface area contributed by atoms with Gasteiger partial charge in [-0.05, 0) is 51.1 Å². The van der Waals surface area contributed by atoms with Gasteiger partial charge in [0.25, 0.3) is 0 Å². The molecule has 2 aliphatic heterocycles. The fourth-order valence-electron chi connectivity index (χ4n) is 4.44. The molecule has 0 N–H and O–H groups in total. The number of nitrogens with zero attached hydrogens (tertiary/aromatic N) is 2. The highest BCUT2D eigenvalue weighted by molar-refractivity contribution is 6.01. The Labute approximate surface area is 145 Å². The molecule has 1 aromatic carbocycles. The molecule has 2 fully saturated rings. The van der Waals surface area contributed by atoms with Crippen LogP contribution in [0.3, 0.4) is 0 Å². The Hall–Kier alpha value is -1.06. The van der Waals surface area contributed by atoms with Crippen LogP contribution in [0.1, 0.15) is 56.1 Å². The van der Waals surface area contributed by atoms with E-state index in [1.807, 2.05) is 0 Å². The summed E-state index contributed by atoms with van der Waals surface area (Å²) in [6, 6.07) is 10.1. The van der Waals surface area contributed by atoms with Crippen molar-refractivity contribution in [2.75, 3.05) is 7.05 Å². The maximum Gasteiger partial charge on any atom is 0.130 e. The topological polar surface area (TPSA) is 24.8 Å². The average Bonchev–Trinajstić information content (AvgIpc) is 2.76. The molecule has 0 spiro atoms. The second-order valence-electron chi connectivity index (χ2n) is 7.15. The predicted octanol–water partition coefficient (Wildman–Crippen LogP) is 4.18. The fourth-order valence-corrected chi connectivity index (χ4v) is 4.44. The molecule has 4 rings (SSSR count). The van der Waals surface area contributed by atoms with Crippen molar-refractivity contribution < 1.29 is 4.84 Å². The van der Waals surface area contributed by atoms with Gasteiger partial charge in [-0.15, -0.1) is 12.4 Å². The van der Waals surface area contributed by atoms with E-state index in [1.165, 1.54) is 48.9 Å². The van der Waals surface area contributed by atoms with E-state index in [0.29, 0.717) is 18.2 Å². The van der Waals surface area contributed by atoms with Crippen LogP contribution >= 0.6 is 12.4 Å². The third-order valence-corrected chi connectivity index (χ3v) is 5.80. The third-order valence-electron chi connectivity index (χ3n) is 5.80. The Kier molecular flexibility index (Phi) is 5.27. The monoisotopic (exact) mass is 334 g/mol. The lowest BCUT2D eigenvalue weighted by Crippen LogP contribution is -2.42. The number of fused-ring (bicyclic) bond motifs is 3. The van der Waals surface area contributed by atoms with Gasteiger partial charge in [-0.25, -0.2) is 0 Å². The lowest BCUT2D eigenvalue weighted by molar-refractivity contribution is -0.00982. The minimum Gasteiger partial charge on any atom is -0.392 e. The number of piperidine rings is 1. The van der Waals surface area contributed by atoms with Gasteiger partial charge < -0.3 is 9.74 Å². The Balaban J connectivity index is 0.00000156. The van der Waals surface area contributed by atoms with Crippen LogP contribution in [0, 0.1) is 0 Å². The highest BCUT2D eigenvalue weighted by Crippen LogP contribution is 2.35. The van der Waals surface area contributed by atoms with Crippen LogP contribution in [0.2, 0.25) is 0 Å². The van der Waals surface area contributed by atoms with Crippen molar-refractivity contribution in [3.8, 4) is 0 Å². The zero-order valence-electron chi connectivity index (χ0n) is 13.9. The van der Waals surface area contributed by atoms with E-state index in [-0.39, 0.29) is 12.4 Å². The maximum atomic E-state index is 6.03. The summed E-state index contributed by atoms with van der Waals surface area (Å²) in [7, 11) is 2.27. The molecule has 0 saturated carbocycles. The van der Waals surface area contributed by atoms with Crippen molar-refractivity contribution in [3.05, 3.63) is 35.4 Å². The quantitative estimate of drug-likeness (QED) is 0.598. The van der Waals surface area contributed by atoms with Gasteiger partial charge >= 0.3 is 0 Å². The zero-order chi connectivity index (χ0) is 14.9. The maximum absolute atomic E-state index is 6.03. The molecule has 2 unspecified atom stereocenters. The summed E-state index contributed by atoms with van der Waals surface area (Å²) < 4.78 is 0. The number of aryl methyl sites for hydroxylation is 1. The fraction of sp³-hybridized carbons (Fsp3) is 0.632. The van der Waals surface area contributed by atoms with Crippen LogP contribution in [0.4, 0.5) is 0 Å². The van der Waals surface area contributed by atoms with Gasteiger partial charge in [0.05, 0.1) is 5.71 Å². The van der Waals surface area contributed by atoms with Gasteiger partial charge in [0, 0.05) is 30.5 Å². The van der Waals surface area contributed by atoms with Crippen LogP contribution in [0.5, 0.6) is 0 Å². The van der Waals surface area contributed by atoms with Gasteiger partial charge in [0.2, 0.25) is 0 Å². The lowest BCUT2D eigenvalue weighted by atomic mass is 10.0. The van der Waals surface area contributed by atoms with Crippen LogP contribution in [0.25, 0.3) is 0 Å². The molecule has 3 nitrogen and oxygen atoms in total. The van der Waals surface area contributed by atoms with Crippen LogP contribution in [0.15, 0.2) is 29.4 Å². The minimum absolute atomic E-state index is 0. The molecule has 2 atom stereocenters. The van der Waals surface area contributed by atoms with Crippen molar-refractivity contribution in [3.63, 3.8) is 0 Å². The van der Waals surface area contributed by atoms with Crippen LogP contribution in [-0.4, -0.2) is 35.8 Å². The number of oxime groups is 1. The van der Waals surface area contributed by atoms with Crippen molar-refractivity contribution >= 4 is 18.1 Å². The van der Waals surface area contributed by atoms with Crippen molar-refractivity contribution in [1.29, 1.82) is 0 Å². The summed E-state index contributed by atoms with van der Waals surface area (Å²) in [5.74, 6) is 0. The first kappa shape index (κ1) is 16.8. The van der Waals surface area contributed by atoms with Crippen molar-refractivity contribution in [1.82, 2.24) is 4.90 Å². The molecule has 2 saturated heterocycles. The Morgan fingerprint density at radius 1 is 1.04 bits per heavy atom. The number of hydrogen-bond donors (Lipinski definition) is 0. The highest BCUT2D eigenvalue weighted by Gasteiger charge is 2.39. The largest absolute Gasteiger partial charge is 0.392 e. The zero-order valence-corrected chi connectivity index (χ0v) is 14.7. The molecule has 23 heavy (non-hydrogen) atoms. The molecule has 126 valence electrons. The molecule has 0 amide bonds. The number of halogens is 1. The van der Waals surface area contributed by atoms with E-state index < -0.39 is 0 Å². The molecular weight excluding hydrogens is 308 g/mol. The van der Waals surface area contributed by atoms with Gasteiger partial charge in [0.1, 0.15) is 6.10 Å². The van der Waals surface area contributed by atoms with E-state index in [0.717, 1.165) is 19.3 Å². The van der Waals surface area contributed by atoms with Gasteiger partial charge in [-0.3, -0.25) is 0 Å². The summed E-state index contributed by atoms with van der Waals surface area (Å²) in [6.45, 7) is 0. The first-order valence-electron chi connectivity index (χ1n) is 8.84. The Morgan fingerprint density at radius 2 is 1.74 bits per heavy atom. The first-order valence-corrected chi connectivity index (χ1v) is 8.84. The summed E-state index contributed by atoms with van der Waals surface area (Å²) in [5, 5.41) is 4.63. The molecule has 4 heteroatoms. The molecular formula is C19H27ClN2O. The van der Waals surface area contributed by atoms with Crippen LogP contribution < -0.4 is 0 Å². The Bertz CT molecular complexity index is 560. The Morgan fingerprint density at radius 3 is 2.52 bits per heavy atom. The highest BCUT2D eigenvalue weighted by atomic mass is 35.5. The van der Waals surface area contributed by atoms with Gasteiger partial charge in [0.15, 0.2) is 0 Å². The molecule has 3 aliphatic rings. The van der Waals surface area contributed by atoms with Gasteiger partial charge in [-0.1, -0.05) is 29.4 Å². The molecule has 1 aliphatic carbocycles. The van der Waals surface area contributed by atoms with E-state index >= 15 is 0 Å². The van der Waals surface area contributed by atoms with E-state index in [9.17, 15) is 0 Å². The third kappa shape index (κ3) is 3.41. The minimum atomic E-state index is 0. The van der Waals surface area contributed by atoms with Crippen molar-refractivity contribution in [2.24, 2.45) is 5.16 Å². The predicted molar refractivity (Wildman–Crippen MR) is 96.5 cm³/mol. The number of rotatable bonds is 2. The summed E-state index contributed by atoms with van der Waals surface area (Å²) in [6.07, 6.45) is 9.97. The second kappa shape index (κ2) is 7.23. The lowest BCUT2D eigenvalue weighted by Gasteiger charge is -2.34. The van der Waals surface area contributed by atoms with Gasteiger partial charge in [-0.2, -0.15) is 0 Å². The smallest absolute Gasteiger partial charge is 0.130 e. The molecule has 2 heterocycles. The summed E-state index contributed by atoms with van der Waals surface area (Å²) >= 11 is 0. The second-order valence-corrected chi connectivity index (χ2v) is 7.15. The van der Waals surface area contributed by atoms with E-state index in [1.54, 1.807) is 0 Å². The molecule has 0 aromatic heterocycles. The number of hydrogen-bond acceptors (Lipinski definition) is 3. The SMILES string of the molecule is CN1C2CCC1CC(O/N=C1\CCCCc3ccccc31)C2.Cl. The van der Waals surface area contributed by atoms with E-state index in [4.69, 9.17) is 4.84 Å². The standard InChI is InChI=1S/C19H26N2O.ClH/c1-21-15-10-11-16(21)13-17(12-15)22-20-19-9-5-3-7-14-6-2-4-8-18(14)19;/h2,4,6,8,15-17H,3,5,7,9-13H2,1H3;1H/b20-19+;. The molecule has 2 bridgehead atoms. The summed E-state index contributed by atoms with van der Waals surface area (Å²) in [4.78, 5) is 8.57. The number of benzene rings is 1.